The van der Waals surface area contributed by atoms with E-state index in [0.29, 0.717) is 22.9 Å². The van der Waals surface area contributed by atoms with E-state index in [9.17, 15) is 14.4 Å². The number of imide groups is 1. The van der Waals surface area contributed by atoms with Crippen molar-refractivity contribution in [3.05, 3.63) is 59.7 Å². The molecule has 0 radical (unpaired) electrons. The van der Waals surface area contributed by atoms with Crippen LogP contribution in [0.5, 0.6) is 0 Å². The first-order chi connectivity index (χ1) is 12.6. The first kappa shape index (κ1) is 16.8. The van der Waals surface area contributed by atoms with Crippen molar-refractivity contribution in [2.24, 2.45) is 0 Å². The number of anilines is 1. The van der Waals surface area contributed by atoms with Crippen molar-refractivity contribution in [3.8, 4) is 0 Å². The molecule has 132 valence electrons. The minimum Gasteiger partial charge on any atom is -0.310 e. The van der Waals surface area contributed by atoms with Gasteiger partial charge in [-0.15, -0.1) is 11.8 Å². The van der Waals surface area contributed by atoms with Crippen LogP contribution in [0, 0.1) is 0 Å². The molecule has 1 unspecified atom stereocenters. The molecule has 0 bridgehead atoms. The fourth-order valence-electron chi connectivity index (χ4n) is 3.35. The summed E-state index contributed by atoms with van der Waals surface area (Å²) in [7, 11) is 0. The Morgan fingerprint density at radius 2 is 1.65 bits per heavy atom. The van der Waals surface area contributed by atoms with Gasteiger partial charge in [0.2, 0.25) is 5.91 Å². The second kappa shape index (κ2) is 6.61. The predicted molar refractivity (Wildman–Crippen MR) is 101 cm³/mol. The molecule has 5 nitrogen and oxygen atoms in total. The van der Waals surface area contributed by atoms with Gasteiger partial charge in [0.05, 0.1) is 16.8 Å². The van der Waals surface area contributed by atoms with E-state index in [-0.39, 0.29) is 12.5 Å². The van der Waals surface area contributed by atoms with E-state index in [0.717, 1.165) is 21.9 Å². The number of benzene rings is 2. The van der Waals surface area contributed by atoms with Gasteiger partial charge < -0.3 is 4.90 Å². The van der Waals surface area contributed by atoms with E-state index in [1.54, 1.807) is 40.9 Å². The van der Waals surface area contributed by atoms with E-state index in [2.05, 4.69) is 6.92 Å². The summed E-state index contributed by atoms with van der Waals surface area (Å²) in [5, 5.41) is 0.397. The maximum absolute atomic E-state index is 13.0. The van der Waals surface area contributed by atoms with Gasteiger partial charge in [0.25, 0.3) is 11.8 Å². The summed E-state index contributed by atoms with van der Waals surface area (Å²) in [5.41, 5.74) is 1.58. The lowest BCUT2D eigenvalue weighted by atomic mass is 10.1. The molecule has 0 saturated heterocycles. The molecule has 0 spiro atoms. The monoisotopic (exact) mass is 366 g/mol. The van der Waals surface area contributed by atoms with Gasteiger partial charge in [-0.25, -0.2) is 0 Å². The van der Waals surface area contributed by atoms with E-state index in [1.165, 1.54) is 0 Å². The van der Waals surface area contributed by atoms with Crippen LogP contribution in [0.1, 0.15) is 34.1 Å². The molecule has 4 rings (SSSR count). The SMILES string of the molecule is CC1CCN(C(=O)CN2C(=O)c3ccccc3C2=O)c2ccccc2S1. The third kappa shape index (κ3) is 2.80. The molecule has 26 heavy (non-hydrogen) atoms. The Kier molecular flexibility index (Phi) is 4.28. The molecular weight excluding hydrogens is 348 g/mol. The zero-order valence-electron chi connectivity index (χ0n) is 14.3. The standard InChI is InChI=1S/C20H18N2O3S/c1-13-10-11-21(16-8-4-5-9-17(16)26-13)18(23)12-22-19(24)14-6-2-3-7-15(14)20(22)25/h2-9,13H,10-12H2,1H3. The molecule has 0 saturated carbocycles. The van der Waals surface area contributed by atoms with Crippen molar-refractivity contribution in [2.45, 2.75) is 23.5 Å². The Bertz CT molecular complexity index is 876. The van der Waals surface area contributed by atoms with Gasteiger partial charge in [-0.05, 0) is 30.7 Å². The van der Waals surface area contributed by atoms with Gasteiger partial charge in [-0.3, -0.25) is 19.3 Å². The molecule has 2 aliphatic rings. The fraction of sp³-hybridized carbons (Fsp3) is 0.250. The van der Waals surface area contributed by atoms with Crippen LogP contribution >= 0.6 is 11.8 Å². The largest absolute Gasteiger partial charge is 0.310 e. The summed E-state index contributed by atoms with van der Waals surface area (Å²) >= 11 is 1.75. The van der Waals surface area contributed by atoms with Gasteiger partial charge in [0.1, 0.15) is 6.54 Å². The minimum absolute atomic E-state index is 0.235. The van der Waals surface area contributed by atoms with E-state index in [4.69, 9.17) is 0 Å². The molecule has 2 heterocycles. The number of amides is 3. The normalized spacial score (nSPS) is 19.2. The number of carbonyl (C=O) groups excluding carboxylic acids is 3. The van der Waals surface area contributed by atoms with Crippen LogP contribution in [-0.2, 0) is 4.79 Å². The average Bonchev–Trinajstić information content (AvgIpc) is 2.79. The van der Waals surface area contributed by atoms with Gasteiger partial charge in [0.15, 0.2) is 0 Å². The molecule has 2 aliphatic heterocycles. The van der Waals surface area contributed by atoms with E-state index >= 15 is 0 Å². The van der Waals surface area contributed by atoms with Gasteiger partial charge >= 0.3 is 0 Å². The summed E-state index contributed by atoms with van der Waals surface area (Å²) in [6.45, 7) is 2.48. The minimum atomic E-state index is -0.398. The number of nitrogens with zero attached hydrogens (tertiary/aromatic N) is 2. The van der Waals surface area contributed by atoms with Gasteiger partial charge in [-0.2, -0.15) is 0 Å². The van der Waals surface area contributed by atoms with Crippen LogP contribution in [0.15, 0.2) is 53.4 Å². The molecule has 0 N–H and O–H groups in total. The molecule has 6 heteroatoms. The summed E-state index contributed by atoms with van der Waals surface area (Å²) in [6, 6.07) is 14.5. The zero-order chi connectivity index (χ0) is 18.3. The highest BCUT2D eigenvalue weighted by molar-refractivity contribution is 8.00. The second-order valence-electron chi connectivity index (χ2n) is 6.47. The molecule has 0 aliphatic carbocycles. The molecule has 0 aromatic heterocycles. The lowest BCUT2D eigenvalue weighted by molar-refractivity contribution is -0.119. The lowest BCUT2D eigenvalue weighted by Gasteiger charge is -2.24. The molecular formula is C20H18N2O3S. The average molecular weight is 366 g/mol. The van der Waals surface area contributed by atoms with Crippen LogP contribution in [0.3, 0.4) is 0 Å². The Morgan fingerprint density at radius 1 is 1.04 bits per heavy atom. The summed E-state index contributed by atoms with van der Waals surface area (Å²) in [4.78, 5) is 41.8. The summed E-state index contributed by atoms with van der Waals surface area (Å²) in [6.07, 6.45) is 0.854. The maximum atomic E-state index is 13.0. The van der Waals surface area contributed by atoms with Crippen LogP contribution in [0.4, 0.5) is 5.69 Å². The van der Waals surface area contributed by atoms with Crippen LogP contribution < -0.4 is 4.90 Å². The predicted octanol–water partition coefficient (Wildman–Crippen LogP) is 3.20. The fourth-order valence-corrected chi connectivity index (χ4v) is 4.46. The number of carbonyl (C=O) groups is 3. The number of fused-ring (bicyclic) bond motifs is 2. The van der Waals surface area contributed by atoms with Crippen LogP contribution in [0.2, 0.25) is 0 Å². The van der Waals surface area contributed by atoms with Crippen LogP contribution in [-0.4, -0.2) is 41.0 Å². The van der Waals surface area contributed by atoms with Gasteiger partial charge in [0, 0.05) is 16.7 Å². The zero-order valence-corrected chi connectivity index (χ0v) is 15.2. The molecule has 1 atom stereocenters. The molecule has 3 amide bonds. The molecule has 0 fully saturated rings. The van der Waals surface area contributed by atoms with Crippen molar-refractivity contribution in [1.82, 2.24) is 4.90 Å². The van der Waals surface area contributed by atoms with Crippen molar-refractivity contribution in [3.63, 3.8) is 0 Å². The highest BCUT2D eigenvalue weighted by atomic mass is 32.2. The number of hydrogen-bond donors (Lipinski definition) is 0. The Morgan fingerprint density at radius 3 is 2.35 bits per heavy atom. The first-order valence-corrected chi connectivity index (χ1v) is 9.45. The summed E-state index contributed by atoms with van der Waals surface area (Å²) in [5.74, 6) is -1.03. The molecule has 2 aromatic rings. The number of thioether (sulfide) groups is 1. The topological polar surface area (TPSA) is 57.7 Å². The maximum Gasteiger partial charge on any atom is 0.262 e. The van der Waals surface area contributed by atoms with Crippen molar-refractivity contribution in [1.29, 1.82) is 0 Å². The highest BCUT2D eigenvalue weighted by Crippen LogP contribution is 2.37. The quantitative estimate of drug-likeness (QED) is 0.766. The Balaban J connectivity index is 1.60. The Labute approximate surface area is 156 Å². The van der Waals surface area contributed by atoms with E-state index < -0.39 is 11.8 Å². The smallest absolute Gasteiger partial charge is 0.262 e. The van der Waals surface area contributed by atoms with Crippen molar-refractivity contribution >= 4 is 35.2 Å². The third-order valence-corrected chi connectivity index (χ3v) is 5.95. The number of rotatable bonds is 2. The lowest BCUT2D eigenvalue weighted by Crippen LogP contribution is -2.43. The Hall–Kier alpha value is -2.60. The highest BCUT2D eigenvalue weighted by Gasteiger charge is 2.37. The van der Waals surface area contributed by atoms with Crippen molar-refractivity contribution < 1.29 is 14.4 Å². The number of para-hydroxylation sites is 1. The second-order valence-corrected chi connectivity index (χ2v) is 7.95. The molecule has 2 aromatic carbocycles. The van der Waals surface area contributed by atoms with E-state index in [1.807, 2.05) is 24.3 Å². The van der Waals surface area contributed by atoms with Crippen LogP contribution in [0.25, 0.3) is 0 Å². The first-order valence-electron chi connectivity index (χ1n) is 8.57. The van der Waals surface area contributed by atoms with Crippen molar-refractivity contribution in [2.75, 3.05) is 18.0 Å². The van der Waals surface area contributed by atoms with Gasteiger partial charge in [-0.1, -0.05) is 31.2 Å². The summed E-state index contributed by atoms with van der Waals surface area (Å²) < 4.78 is 0. The third-order valence-electron chi connectivity index (χ3n) is 4.72. The number of hydrogen-bond acceptors (Lipinski definition) is 4.